The average molecular weight is 218 g/mol. The van der Waals surface area contributed by atoms with Gasteiger partial charge in [-0.1, -0.05) is 30.3 Å². The third-order valence-electron chi connectivity index (χ3n) is 2.25. The summed E-state index contributed by atoms with van der Waals surface area (Å²) in [6.45, 7) is 2.05. The smallest absolute Gasteiger partial charge is 0.110 e. The van der Waals surface area contributed by atoms with E-state index in [9.17, 15) is 0 Å². The summed E-state index contributed by atoms with van der Waals surface area (Å²) >= 11 is 1.68. The van der Waals surface area contributed by atoms with Crippen LogP contribution in [0.25, 0.3) is 0 Å². The molecular formula is C12H14N2S. The summed E-state index contributed by atoms with van der Waals surface area (Å²) in [5.74, 6) is 0. The van der Waals surface area contributed by atoms with Crippen LogP contribution in [0, 0.1) is 6.92 Å². The van der Waals surface area contributed by atoms with Crippen LogP contribution in [0.2, 0.25) is 0 Å². The monoisotopic (exact) mass is 218 g/mol. The van der Waals surface area contributed by atoms with Gasteiger partial charge in [-0.05, 0) is 18.9 Å². The number of thiazole rings is 1. The van der Waals surface area contributed by atoms with Gasteiger partial charge in [-0.3, -0.25) is 0 Å². The fourth-order valence-electron chi connectivity index (χ4n) is 1.50. The van der Waals surface area contributed by atoms with E-state index >= 15 is 0 Å². The normalized spacial score (nSPS) is 12.7. The lowest BCUT2D eigenvalue weighted by Gasteiger charge is -2.07. The molecule has 0 aliphatic carbocycles. The molecule has 0 saturated heterocycles. The molecule has 0 unspecified atom stereocenters. The summed E-state index contributed by atoms with van der Waals surface area (Å²) in [6.07, 6.45) is 2.73. The van der Waals surface area contributed by atoms with Gasteiger partial charge in [0.15, 0.2) is 0 Å². The number of hydrogen-bond donors (Lipinski definition) is 1. The highest BCUT2D eigenvalue weighted by atomic mass is 32.1. The third-order valence-corrected chi connectivity index (χ3v) is 3.30. The molecular weight excluding hydrogens is 204 g/mol. The summed E-state index contributed by atoms with van der Waals surface area (Å²) < 4.78 is 0. The topological polar surface area (TPSA) is 38.9 Å². The molecule has 2 N–H and O–H groups in total. The number of nitrogens with zero attached hydrogens (tertiary/aromatic N) is 1. The van der Waals surface area contributed by atoms with E-state index in [0.717, 1.165) is 11.4 Å². The Labute approximate surface area is 93.8 Å². The second-order valence-corrected chi connectivity index (χ2v) is 4.87. The van der Waals surface area contributed by atoms with Crippen molar-refractivity contribution in [1.29, 1.82) is 0 Å². The molecule has 3 heteroatoms. The zero-order chi connectivity index (χ0) is 10.7. The van der Waals surface area contributed by atoms with Crippen molar-refractivity contribution in [2.45, 2.75) is 19.4 Å². The van der Waals surface area contributed by atoms with Crippen molar-refractivity contribution in [3.05, 3.63) is 52.0 Å². The number of rotatable bonds is 3. The summed E-state index contributed by atoms with van der Waals surface area (Å²) in [6, 6.07) is 10.3. The van der Waals surface area contributed by atoms with Crippen LogP contribution < -0.4 is 5.73 Å². The Hall–Kier alpha value is -1.19. The number of hydrogen-bond acceptors (Lipinski definition) is 3. The number of nitrogens with two attached hydrogens (primary N) is 1. The highest BCUT2D eigenvalue weighted by molar-refractivity contribution is 7.11. The largest absolute Gasteiger partial charge is 0.322 e. The van der Waals surface area contributed by atoms with Gasteiger partial charge >= 0.3 is 0 Å². The minimum Gasteiger partial charge on any atom is -0.322 e. The molecule has 1 heterocycles. The highest BCUT2D eigenvalue weighted by Crippen LogP contribution is 2.20. The number of aryl methyl sites for hydroxylation is 1. The van der Waals surface area contributed by atoms with E-state index < -0.39 is 0 Å². The first kappa shape index (κ1) is 10.3. The molecule has 0 spiro atoms. The summed E-state index contributed by atoms with van der Waals surface area (Å²) in [7, 11) is 0. The lowest BCUT2D eigenvalue weighted by molar-refractivity contribution is 0.715. The van der Waals surface area contributed by atoms with Gasteiger partial charge in [-0.2, -0.15) is 0 Å². The Kier molecular flexibility index (Phi) is 3.14. The SMILES string of the molecule is Cc1cnc([C@@H](N)Cc2ccccc2)s1. The van der Waals surface area contributed by atoms with Gasteiger partial charge in [0.05, 0.1) is 6.04 Å². The minimum absolute atomic E-state index is 0.0195. The first-order valence-electron chi connectivity index (χ1n) is 4.97. The first-order valence-corrected chi connectivity index (χ1v) is 5.79. The van der Waals surface area contributed by atoms with Gasteiger partial charge in [0, 0.05) is 11.1 Å². The van der Waals surface area contributed by atoms with Gasteiger partial charge in [-0.25, -0.2) is 4.98 Å². The molecule has 78 valence electrons. The Morgan fingerprint density at radius 2 is 2.07 bits per heavy atom. The molecule has 2 aromatic rings. The van der Waals surface area contributed by atoms with Gasteiger partial charge in [-0.15, -0.1) is 11.3 Å². The van der Waals surface area contributed by atoms with Gasteiger partial charge in [0.25, 0.3) is 0 Å². The molecule has 2 rings (SSSR count). The van der Waals surface area contributed by atoms with Crippen LogP contribution in [-0.2, 0) is 6.42 Å². The zero-order valence-corrected chi connectivity index (χ0v) is 9.50. The standard InChI is InChI=1S/C12H14N2S/c1-9-8-14-12(15-9)11(13)7-10-5-3-2-4-6-10/h2-6,8,11H,7,13H2,1H3/t11-/m0/s1. The quantitative estimate of drug-likeness (QED) is 0.860. The summed E-state index contributed by atoms with van der Waals surface area (Å²) in [5, 5.41) is 1.02. The Bertz CT molecular complexity index is 422. The number of aromatic nitrogens is 1. The Morgan fingerprint density at radius 1 is 1.33 bits per heavy atom. The van der Waals surface area contributed by atoms with Crippen LogP contribution in [0.3, 0.4) is 0 Å². The summed E-state index contributed by atoms with van der Waals surface area (Å²) in [4.78, 5) is 5.52. The van der Waals surface area contributed by atoms with Crippen molar-refractivity contribution >= 4 is 11.3 Å². The molecule has 1 aromatic heterocycles. The second kappa shape index (κ2) is 4.55. The molecule has 1 atom stereocenters. The molecule has 1 aromatic carbocycles. The second-order valence-electron chi connectivity index (χ2n) is 3.61. The lowest BCUT2D eigenvalue weighted by Crippen LogP contribution is -2.12. The van der Waals surface area contributed by atoms with Gasteiger partial charge in [0.2, 0.25) is 0 Å². The average Bonchev–Trinajstić information content (AvgIpc) is 2.66. The predicted octanol–water partition coefficient (Wildman–Crippen LogP) is 2.69. The highest BCUT2D eigenvalue weighted by Gasteiger charge is 2.10. The summed E-state index contributed by atoms with van der Waals surface area (Å²) in [5.41, 5.74) is 7.35. The maximum Gasteiger partial charge on any atom is 0.110 e. The zero-order valence-electron chi connectivity index (χ0n) is 8.68. The molecule has 2 nitrogen and oxygen atoms in total. The van der Waals surface area contributed by atoms with Gasteiger partial charge in [0.1, 0.15) is 5.01 Å². The van der Waals surface area contributed by atoms with Crippen LogP contribution in [0.4, 0.5) is 0 Å². The molecule has 0 radical (unpaired) electrons. The van der Waals surface area contributed by atoms with Crippen molar-refractivity contribution in [2.24, 2.45) is 5.73 Å². The fraction of sp³-hybridized carbons (Fsp3) is 0.250. The van der Waals surface area contributed by atoms with E-state index in [0.29, 0.717) is 0 Å². The minimum atomic E-state index is 0.0195. The maximum atomic E-state index is 6.09. The van der Waals surface area contributed by atoms with Crippen molar-refractivity contribution in [2.75, 3.05) is 0 Å². The van der Waals surface area contributed by atoms with E-state index in [1.54, 1.807) is 11.3 Å². The Morgan fingerprint density at radius 3 is 2.67 bits per heavy atom. The molecule has 15 heavy (non-hydrogen) atoms. The molecule has 0 saturated carbocycles. The Balaban J connectivity index is 2.07. The predicted molar refractivity (Wildman–Crippen MR) is 63.9 cm³/mol. The van der Waals surface area contributed by atoms with Crippen LogP contribution in [0.5, 0.6) is 0 Å². The van der Waals surface area contributed by atoms with Crippen molar-refractivity contribution < 1.29 is 0 Å². The van der Waals surface area contributed by atoms with Crippen molar-refractivity contribution in [3.8, 4) is 0 Å². The van der Waals surface area contributed by atoms with Crippen LogP contribution >= 0.6 is 11.3 Å². The van der Waals surface area contributed by atoms with Crippen molar-refractivity contribution in [1.82, 2.24) is 4.98 Å². The van der Waals surface area contributed by atoms with Crippen LogP contribution in [0.1, 0.15) is 21.5 Å². The molecule has 0 aliphatic rings. The molecule has 0 aliphatic heterocycles. The van der Waals surface area contributed by atoms with Gasteiger partial charge < -0.3 is 5.73 Å². The number of benzene rings is 1. The fourth-order valence-corrected chi connectivity index (χ4v) is 2.27. The lowest BCUT2D eigenvalue weighted by atomic mass is 10.1. The van der Waals surface area contributed by atoms with E-state index in [-0.39, 0.29) is 6.04 Å². The van der Waals surface area contributed by atoms with Crippen LogP contribution in [-0.4, -0.2) is 4.98 Å². The molecule has 0 amide bonds. The van der Waals surface area contributed by atoms with Crippen LogP contribution in [0.15, 0.2) is 36.5 Å². The van der Waals surface area contributed by atoms with E-state index in [2.05, 4.69) is 24.0 Å². The molecule has 0 bridgehead atoms. The third kappa shape index (κ3) is 2.64. The first-order chi connectivity index (χ1) is 7.25. The maximum absolute atomic E-state index is 6.09. The van der Waals surface area contributed by atoms with E-state index in [1.807, 2.05) is 24.4 Å². The van der Waals surface area contributed by atoms with E-state index in [1.165, 1.54) is 10.4 Å². The van der Waals surface area contributed by atoms with Crippen molar-refractivity contribution in [3.63, 3.8) is 0 Å². The van der Waals surface area contributed by atoms with E-state index in [4.69, 9.17) is 5.73 Å². The molecule has 0 fully saturated rings.